The van der Waals surface area contributed by atoms with Gasteiger partial charge in [-0.2, -0.15) is 5.10 Å². The van der Waals surface area contributed by atoms with Gasteiger partial charge < -0.3 is 0 Å². The number of carbonyl (C=O) groups is 1. The van der Waals surface area contributed by atoms with E-state index in [1.54, 1.807) is 18.3 Å². The Balaban J connectivity index is 2.00. The second kappa shape index (κ2) is 6.48. The van der Waals surface area contributed by atoms with Gasteiger partial charge in [0.1, 0.15) is 0 Å². The largest absolute Gasteiger partial charge is 0.271 e. The van der Waals surface area contributed by atoms with Gasteiger partial charge in [-0.3, -0.25) is 4.79 Å². The molecule has 0 saturated heterocycles. The maximum absolute atomic E-state index is 11.8. The molecule has 0 spiro atoms. The molecule has 0 saturated carbocycles. The zero-order valence-corrected chi connectivity index (χ0v) is 12.9. The molecule has 0 fully saturated rings. The number of amides is 1. The van der Waals surface area contributed by atoms with Gasteiger partial charge in [0.15, 0.2) is 0 Å². The number of hydrazone groups is 1. The van der Waals surface area contributed by atoms with Gasteiger partial charge in [0.25, 0.3) is 5.91 Å². The lowest BCUT2D eigenvalue weighted by Crippen LogP contribution is -2.17. The van der Waals surface area contributed by atoms with E-state index in [0.29, 0.717) is 5.56 Å². The number of hydrogen-bond donors (Lipinski definition) is 1. The van der Waals surface area contributed by atoms with E-state index in [1.807, 2.05) is 44.2 Å². The van der Waals surface area contributed by atoms with Crippen LogP contribution in [-0.2, 0) is 0 Å². The van der Waals surface area contributed by atoms with E-state index in [0.717, 1.165) is 21.2 Å². The molecule has 1 amide bonds. The van der Waals surface area contributed by atoms with Crippen LogP contribution in [0.5, 0.6) is 0 Å². The van der Waals surface area contributed by atoms with Crippen molar-refractivity contribution in [3.8, 4) is 0 Å². The Bertz CT molecular complexity index is 648. The average Bonchev–Trinajstić information content (AvgIpc) is 2.43. The minimum atomic E-state index is -0.215. The molecule has 0 aliphatic carbocycles. The molecule has 3 nitrogen and oxygen atoms in total. The van der Waals surface area contributed by atoms with Gasteiger partial charge in [-0.15, -0.1) is 0 Å². The fraction of sp³-hybridized carbons (Fsp3) is 0.125. The highest BCUT2D eigenvalue weighted by Crippen LogP contribution is 2.16. The van der Waals surface area contributed by atoms with Crippen LogP contribution in [0.2, 0.25) is 0 Å². The monoisotopic (exact) mass is 330 g/mol. The summed E-state index contributed by atoms with van der Waals surface area (Å²) in [6.07, 6.45) is 1.62. The first-order chi connectivity index (χ1) is 9.56. The Morgan fingerprint density at radius 3 is 2.50 bits per heavy atom. The summed E-state index contributed by atoms with van der Waals surface area (Å²) in [5.74, 6) is -0.215. The minimum absolute atomic E-state index is 0.215. The van der Waals surface area contributed by atoms with Gasteiger partial charge in [-0.25, -0.2) is 5.43 Å². The Kier molecular flexibility index (Phi) is 4.69. The van der Waals surface area contributed by atoms with Gasteiger partial charge in [0, 0.05) is 10.0 Å². The Morgan fingerprint density at radius 2 is 1.85 bits per heavy atom. The highest BCUT2D eigenvalue weighted by atomic mass is 79.9. The van der Waals surface area contributed by atoms with E-state index in [4.69, 9.17) is 0 Å². The van der Waals surface area contributed by atoms with E-state index < -0.39 is 0 Å². The minimum Gasteiger partial charge on any atom is -0.267 e. The van der Waals surface area contributed by atoms with Gasteiger partial charge in [-0.05, 0) is 43.2 Å². The zero-order chi connectivity index (χ0) is 14.5. The van der Waals surface area contributed by atoms with Crippen molar-refractivity contribution in [2.24, 2.45) is 5.10 Å². The predicted octanol–water partition coefficient (Wildman–Crippen LogP) is 3.83. The van der Waals surface area contributed by atoms with Gasteiger partial charge in [0.2, 0.25) is 0 Å². The molecule has 0 aliphatic heterocycles. The quantitative estimate of drug-likeness (QED) is 0.674. The van der Waals surface area contributed by atoms with E-state index in [1.165, 1.54) is 0 Å². The molecule has 0 aliphatic rings. The number of hydrogen-bond acceptors (Lipinski definition) is 2. The summed E-state index contributed by atoms with van der Waals surface area (Å²) in [4.78, 5) is 11.8. The smallest absolute Gasteiger partial charge is 0.267 e. The SMILES string of the molecule is Cc1ccc(C(=O)N/N=C\c2ccc(C)c(Br)c2)cc1. The Morgan fingerprint density at radius 1 is 1.15 bits per heavy atom. The normalized spacial score (nSPS) is 10.8. The number of halogens is 1. The molecular formula is C16H15BrN2O. The topological polar surface area (TPSA) is 41.5 Å². The van der Waals surface area contributed by atoms with Crippen LogP contribution in [-0.4, -0.2) is 12.1 Å². The molecule has 4 heteroatoms. The highest BCUT2D eigenvalue weighted by molar-refractivity contribution is 9.10. The predicted molar refractivity (Wildman–Crippen MR) is 85.1 cm³/mol. The van der Waals surface area contributed by atoms with Crippen molar-refractivity contribution in [1.29, 1.82) is 0 Å². The molecule has 0 aromatic heterocycles. The lowest BCUT2D eigenvalue weighted by atomic mass is 10.1. The van der Waals surface area contributed by atoms with Crippen molar-refractivity contribution in [2.75, 3.05) is 0 Å². The molecule has 0 radical (unpaired) electrons. The number of benzene rings is 2. The van der Waals surface area contributed by atoms with Crippen LogP contribution in [0, 0.1) is 13.8 Å². The maximum Gasteiger partial charge on any atom is 0.271 e. The summed E-state index contributed by atoms with van der Waals surface area (Å²) in [6.45, 7) is 4.00. The van der Waals surface area contributed by atoms with Crippen molar-refractivity contribution >= 4 is 28.1 Å². The molecule has 2 rings (SSSR count). The average molecular weight is 331 g/mol. The van der Waals surface area contributed by atoms with Gasteiger partial charge in [-0.1, -0.05) is 45.8 Å². The van der Waals surface area contributed by atoms with Crippen LogP contribution < -0.4 is 5.43 Å². The molecule has 0 unspecified atom stereocenters. The number of nitrogens with zero attached hydrogens (tertiary/aromatic N) is 1. The number of carbonyl (C=O) groups excluding carboxylic acids is 1. The van der Waals surface area contributed by atoms with E-state index in [2.05, 4.69) is 26.5 Å². The first-order valence-corrected chi connectivity index (χ1v) is 7.02. The molecule has 102 valence electrons. The third kappa shape index (κ3) is 3.78. The first-order valence-electron chi connectivity index (χ1n) is 6.22. The van der Waals surface area contributed by atoms with Crippen LogP contribution in [0.15, 0.2) is 52.0 Å². The molecule has 2 aromatic carbocycles. The molecular weight excluding hydrogens is 316 g/mol. The summed E-state index contributed by atoms with van der Waals surface area (Å²) in [7, 11) is 0. The number of aryl methyl sites for hydroxylation is 2. The van der Waals surface area contributed by atoms with Crippen LogP contribution >= 0.6 is 15.9 Å². The summed E-state index contributed by atoms with van der Waals surface area (Å²) >= 11 is 3.46. The van der Waals surface area contributed by atoms with Crippen molar-refractivity contribution in [2.45, 2.75) is 13.8 Å². The highest BCUT2D eigenvalue weighted by Gasteiger charge is 2.02. The molecule has 0 atom stereocenters. The molecule has 1 N–H and O–H groups in total. The fourth-order valence-corrected chi connectivity index (χ4v) is 2.02. The second-order valence-electron chi connectivity index (χ2n) is 4.57. The zero-order valence-electron chi connectivity index (χ0n) is 11.4. The summed E-state index contributed by atoms with van der Waals surface area (Å²) < 4.78 is 1.02. The summed E-state index contributed by atoms with van der Waals surface area (Å²) in [5, 5.41) is 3.97. The van der Waals surface area contributed by atoms with Crippen LogP contribution in [0.1, 0.15) is 27.0 Å². The standard InChI is InChI=1S/C16H15BrN2O/c1-11-3-7-14(8-4-11)16(20)19-18-10-13-6-5-12(2)15(17)9-13/h3-10H,1-2H3,(H,19,20)/b18-10-. The van der Waals surface area contributed by atoms with E-state index in [9.17, 15) is 4.79 Å². The first kappa shape index (κ1) is 14.5. The third-order valence-corrected chi connectivity index (χ3v) is 3.74. The van der Waals surface area contributed by atoms with Crippen molar-refractivity contribution < 1.29 is 4.79 Å². The van der Waals surface area contributed by atoms with Gasteiger partial charge >= 0.3 is 0 Å². The van der Waals surface area contributed by atoms with Crippen LogP contribution in [0.4, 0.5) is 0 Å². The fourth-order valence-electron chi connectivity index (χ4n) is 1.62. The lowest BCUT2D eigenvalue weighted by molar-refractivity contribution is 0.0955. The molecule has 2 aromatic rings. The Hall–Kier alpha value is -1.94. The van der Waals surface area contributed by atoms with E-state index in [-0.39, 0.29) is 5.91 Å². The summed E-state index contributed by atoms with van der Waals surface area (Å²) in [5.41, 5.74) is 6.31. The van der Waals surface area contributed by atoms with Crippen LogP contribution in [0.3, 0.4) is 0 Å². The third-order valence-electron chi connectivity index (χ3n) is 2.89. The molecule has 0 bridgehead atoms. The van der Waals surface area contributed by atoms with E-state index >= 15 is 0 Å². The summed E-state index contributed by atoms with van der Waals surface area (Å²) in [6, 6.07) is 13.3. The number of rotatable bonds is 3. The molecule has 0 heterocycles. The van der Waals surface area contributed by atoms with Gasteiger partial charge in [0.05, 0.1) is 6.21 Å². The van der Waals surface area contributed by atoms with Crippen molar-refractivity contribution in [3.05, 3.63) is 69.2 Å². The van der Waals surface area contributed by atoms with Crippen molar-refractivity contribution in [3.63, 3.8) is 0 Å². The molecule has 20 heavy (non-hydrogen) atoms. The Labute approximate surface area is 126 Å². The second-order valence-corrected chi connectivity index (χ2v) is 5.43. The lowest BCUT2D eigenvalue weighted by Gasteiger charge is -2.01. The maximum atomic E-state index is 11.8. The van der Waals surface area contributed by atoms with Crippen molar-refractivity contribution in [1.82, 2.24) is 5.43 Å². The van der Waals surface area contributed by atoms with Crippen LogP contribution in [0.25, 0.3) is 0 Å². The number of nitrogens with one attached hydrogen (secondary N) is 1.